The highest BCUT2D eigenvalue weighted by Crippen LogP contribution is 2.28. The molecule has 6 nitrogen and oxygen atoms in total. The lowest BCUT2D eigenvalue weighted by Crippen LogP contribution is -2.49. The van der Waals surface area contributed by atoms with Gasteiger partial charge in [-0.2, -0.15) is 9.78 Å². The molecule has 6 heteroatoms. The Morgan fingerprint density at radius 3 is 2.45 bits per heavy atom. The molecule has 2 heterocycles. The van der Waals surface area contributed by atoms with E-state index in [9.17, 15) is 4.79 Å². The zero-order valence-electron chi connectivity index (χ0n) is 16.9. The van der Waals surface area contributed by atoms with Crippen LogP contribution in [0.4, 0.5) is 4.79 Å². The van der Waals surface area contributed by atoms with E-state index in [2.05, 4.69) is 40.3 Å². The van der Waals surface area contributed by atoms with Crippen LogP contribution < -0.4 is 4.74 Å². The number of benzene rings is 2. The minimum absolute atomic E-state index is 0.0532. The van der Waals surface area contributed by atoms with E-state index in [1.807, 2.05) is 30.0 Å². The molecule has 3 aromatic rings. The van der Waals surface area contributed by atoms with E-state index in [4.69, 9.17) is 4.74 Å². The van der Waals surface area contributed by atoms with Crippen LogP contribution in [0, 0.1) is 6.92 Å². The molecule has 2 aromatic carbocycles. The van der Waals surface area contributed by atoms with Crippen molar-refractivity contribution >= 4 is 6.03 Å². The van der Waals surface area contributed by atoms with Crippen molar-refractivity contribution in [2.75, 3.05) is 33.3 Å². The topological polar surface area (TPSA) is 50.6 Å². The van der Waals surface area contributed by atoms with Gasteiger partial charge in [-0.05, 0) is 29.7 Å². The van der Waals surface area contributed by atoms with E-state index in [0.717, 1.165) is 42.1 Å². The van der Waals surface area contributed by atoms with Crippen molar-refractivity contribution in [3.05, 3.63) is 72.1 Å². The summed E-state index contributed by atoms with van der Waals surface area (Å²) < 4.78 is 7.09. The Labute approximate surface area is 171 Å². The molecule has 1 aliphatic rings. The van der Waals surface area contributed by atoms with E-state index in [0.29, 0.717) is 13.1 Å². The predicted octanol–water partition coefficient (Wildman–Crippen LogP) is 3.65. The van der Waals surface area contributed by atoms with Crippen LogP contribution in [-0.2, 0) is 6.54 Å². The lowest BCUT2D eigenvalue weighted by Gasteiger charge is -2.34. The largest absolute Gasteiger partial charge is 0.496 e. The summed E-state index contributed by atoms with van der Waals surface area (Å²) in [4.78, 5) is 16.8. The number of ether oxygens (including phenoxy) is 1. The fourth-order valence-corrected chi connectivity index (χ4v) is 3.69. The van der Waals surface area contributed by atoms with E-state index in [-0.39, 0.29) is 6.03 Å². The normalized spacial score (nSPS) is 14.8. The highest BCUT2D eigenvalue weighted by molar-refractivity contribution is 5.76. The molecule has 150 valence electrons. The first kappa shape index (κ1) is 19.2. The first-order chi connectivity index (χ1) is 14.1. The van der Waals surface area contributed by atoms with Crippen molar-refractivity contribution in [2.45, 2.75) is 13.5 Å². The van der Waals surface area contributed by atoms with E-state index in [1.54, 1.807) is 19.5 Å². The second-order valence-corrected chi connectivity index (χ2v) is 7.40. The third-order valence-electron chi connectivity index (χ3n) is 5.34. The fraction of sp³-hybridized carbons (Fsp3) is 0.304. The Bertz CT molecular complexity index is 976. The molecule has 1 fully saturated rings. The monoisotopic (exact) mass is 390 g/mol. The van der Waals surface area contributed by atoms with Crippen molar-refractivity contribution in [1.82, 2.24) is 19.6 Å². The summed E-state index contributed by atoms with van der Waals surface area (Å²) in [7, 11) is 1.72. The number of aromatic nitrogens is 2. The van der Waals surface area contributed by atoms with Gasteiger partial charge in [-0.25, -0.2) is 4.79 Å². The molecule has 0 bridgehead atoms. The molecule has 0 N–H and O–H groups in total. The zero-order chi connectivity index (χ0) is 20.2. The van der Waals surface area contributed by atoms with Gasteiger partial charge in [-0.15, -0.1) is 0 Å². The number of methoxy groups -OCH3 is 1. The Balaban J connectivity index is 1.39. The number of hydrogen-bond donors (Lipinski definition) is 0. The maximum atomic E-state index is 12.5. The van der Waals surface area contributed by atoms with Crippen molar-refractivity contribution in [3.8, 4) is 16.9 Å². The minimum Gasteiger partial charge on any atom is -0.496 e. The van der Waals surface area contributed by atoms with Crippen molar-refractivity contribution in [1.29, 1.82) is 0 Å². The van der Waals surface area contributed by atoms with Crippen molar-refractivity contribution in [3.63, 3.8) is 0 Å². The average molecular weight is 390 g/mol. The van der Waals surface area contributed by atoms with Gasteiger partial charge in [0, 0.05) is 44.5 Å². The molecule has 0 spiro atoms. The number of hydrogen-bond acceptors (Lipinski definition) is 4. The fourth-order valence-electron chi connectivity index (χ4n) is 3.69. The predicted molar refractivity (Wildman–Crippen MR) is 113 cm³/mol. The van der Waals surface area contributed by atoms with Gasteiger partial charge in [0.25, 0.3) is 0 Å². The minimum atomic E-state index is -0.0532. The molecule has 4 rings (SSSR count). The summed E-state index contributed by atoms with van der Waals surface area (Å²) in [6.45, 7) is 5.79. The van der Waals surface area contributed by atoms with Crippen LogP contribution >= 0.6 is 0 Å². The third kappa shape index (κ3) is 4.32. The maximum absolute atomic E-state index is 12.5. The van der Waals surface area contributed by atoms with Gasteiger partial charge in [-0.3, -0.25) is 4.90 Å². The summed E-state index contributed by atoms with van der Waals surface area (Å²) in [5, 5.41) is 4.13. The number of carbonyl (C=O) groups is 1. The molecule has 1 saturated heterocycles. The molecule has 0 saturated carbocycles. The Morgan fingerprint density at radius 1 is 1.03 bits per heavy atom. The number of carbonyl (C=O) groups excluding carboxylic acids is 1. The molecule has 1 aromatic heterocycles. The highest BCUT2D eigenvalue weighted by atomic mass is 16.5. The summed E-state index contributed by atoms with van der Waals surface area (Å²) >= 11 is 0. The lowest BCUT2D eigenvalue weighted by atomic mass is 10.0. The van der Waals surface area contributed by atoms with Crippen LogP contribution in [0.25, 0.3) is 11.1 Å². The van der Waals surface area contributed by atoms with Crippen LogP contribution in [0.3, 0.4) is 0 Å². The molecule has 0 atom stereocenters. The van der Waals surface area contributed by atoms with Gasteiger partial charge in [-0.1, -0.05) is 42.5 Å². The number of rotatable bonds is 4. The number of amides is 1. The second-order valence-electron chi connectivity index (χ2n) is 7.40. The third-order valence-corrected chi connectivity index (χ3v) is 5.34. The molecular weight excluding hydrogens is 364 g/mol. The zero-order valence-corrected chi connectivity index (χ0v) is 16.9. The second kappa shape index (κ2) is 8.49. The molecule has 0 aliphatic carbocycles. The SMILES string of the molecule is COc1cc(-c2ccccc2)ccc1CN1CCN(C(=O)n2cc(C)cn2)CC1. The quantitative estimate of drug-likeness (QED) is 0.682. The highest BCUT2D eigenvalue weighted by Gasteiger charge is 2.23. The van der Waals surface area contributed by atoms with E-state index < -0.39 is 0 Å². The average Bonchev–Trinajstić information content (AvgIpc) is 3.21. The van der Waals surface area contributed by atoms with Gasteiger partial charge in [0.2, 0.25) is 0 Å². The van der Waals surface area contributed by atoms with Crippen LogP contribution in [0.1, 0.15) is 11.1 Å². The van der Waals surface area contributed by atoms with Crippen molar-refractivity contribution < 1.29 is 9.53 Å². The maximum Gasteiger partial charge on any atom is 0.344 e. The summed E-state index contributed by atoms with van der Waals surface area (Å²) in [6.07, 6.45) is 3.48. The summed E-state index contributed by atoms with van der Waals surface area (Å²) in [5.74, 6) is 0.900. The van der Waals surface area contributed by atoms with Gasteiger partial charge in [0.15, 0.2) is 0 Å². The molecule has 0 radical (unpaired) electrons. The smallest absolute Gasteiger partial charge is 0.344 e. The molecule has 29 heavy (non-hydrogen) atoms. The van der Waals surface area contributed by atoms with E-state index in [1.165, 1.54) is 10.2 Å². The molecule has 0 unspecified atom stereocenters. The lowest BCUT2D eigenvalue weighted by molar-refractivity contribution is 0.133. The Kier molecular flexibility index (Phi) is 5.62. The van der Waals surface area contributed by atoms with Crippen LogP contribution in [0.2, 0.25) is 0 Å². The first-order valence-corrected chi connectivity index (χ1v) is 9.89. The number of aryl methyl sites for hydroxylation is 1. The van der Waals surface area contributed by atoms with Gasteiger partial charge < -0.3 is 9.64 Å². The first-order valence-electron chi connectivity index (χ1n) is 9.89. The Hall–Kier alpha value is -3.12. The number of nitrogens with zero attached hydrogens (tertiary/aromatic N) is 4. The van der Waals surface area contributed by atoms with Crippen LogP contribution in [0.15, 0.2) is 60.9 Å². The standard InChI is InChI=1S/C23H26N4O2/c1-18-15-24-27(16-18)23(28)26-12-10-25(11-13-26)17-21-9-8-20(14-22(21)29-2)19-6-4-3-5-7-19/h3-9,14-16H,10-13,17H2,1-2H3. The van der Waals surface area contributed by atoms with Gasteiger partial charge in [0.1, 0.15) is 5.75 Å². The van der Waals surface area contributed by atoms with Crippen molar-refractivity contribution in [2.24, 2.45) is 0 Å². The summed E-state index contributed by atoms with van der Waals surface area (Å²) in [6, 6.07) is 16.7. The van der Waals surface area contributed by atoms with Crippen LogP contribution in [-0.4, -0.2) is 58.9 Å². The molecule has 1 aliphatic heterocycles. The van der Waals surface area contributed by atoms with E-state index >= 15 is 0 Å². The molecular formula is C23H26N4O2. The Morgan fingerprint density at radius 2 is 1.79 bits per heavy atom. The van der Waals surface area contributed by atoms with Gasteiger partial charge >= 0.3 is 6.03 Å². The van der Waals surface area contributed by atoms with Gasteiger partial charge in [0.05, 0.1) is 13.3 Å². The molecule has 1 amide bonds. The van der Waals surface area contributed by atoms with Crippen LogP contribution in [0.5, 0.6) is 5.75 Å². The summed E-state index contributed by atoms with van der Waals surface area (Å²) in [5.41, 5.74) is 4.48. The number of piperazine rings is 1.